The molecule has 0 saturated carbocycles. The summed E-state index contributed by atoms with van der Waals surface area (Å²) in [5.41, 5.74) is 8.78. The molecule has 0 spiro atoms. The van der Waals surface area contributed by atoms with Gasteiger partial charge in [-0.3, -0.25) is 9.80 Å². The number of carbonyl (C=O) groups excluding carboxylic acids is 1. The maximum Gasteiger partial charge on any atom is 0.352 e. The summed E-state index contributed by atoms with van der Waals surface area (Å²) in [7, 11) is 0. The third-order valence-corrected chi connectivity index (χ3v) is 9.34. The van der Waals surface area contributed by atoms with Crippen LogP contribution in [-0.4, -0.2) is 33.6 Å². The largest absolute Gasteiger partial charge is 0.456 e. The number of fused-ring (bicyclic) bond motifs is 6. The van der Waals surface area contributed by atoms with Crippen molar-refractivity contribution in [1.82, 2.24) is 15.0 Å². The van der Waals surface area contributed by atoms with Crippen LogP contribution in [0.2, 0.25) is 0 Å². The predicted molar refractivity (Wildman–Crippen MR) is 202 cm³/mol. The van der Waals surface area contributed by atoms with Crippen molar-refractivity contribution >= 4 is 51.0 Å². The summed E-state index contributed by atoms with van der Waals surface area (Å²) in [4.78, 5) is 36.2. The van der Waals surface area contributed by atoms with Gasteiger partial charge in [-0.25, -0.2) is 19.7 Å². The number of hydrogen-bond donors (Lipinski definition) is 1. The highest BCUT2D eigenvalue weighted by Gasteiger charge is 2.34. The molecule has 242 valence electrons. The number of aliphatic imine (C=N–C) groups is 1. The first-order chi connectivity index (χ1) is 25.2. The Morgan fingerprint density at radius 2 is 1.24 bits per heavy atom. The highest BCUT2D eigenvalue weighted by Crippen LogP contribution is 2.40. The lowest BCUT2D eigenvalue weighted by molar-refractivity contribution is 0.253. The molecule has 0 radical (unpaired) electrons. The molecule has 0 unspecified atom stereocenters. The van der Waals surface area contributed by atoms with Gasteiger partial charge in [0.2, 0.25) is 5.96 Å². The summed E-state index contributed by atoms with van der Waals surface area (Å²) in [6, 6.07) is 47.7. The number of furan rings is 1. The van der Waals surface area contributed by atoms with E-state index in [9.17, 15) is 4.79 Å². The monoisotopic (exact) mass is 661 g/mol. The molecule has 9 nitrogen and oxygen atoms in total. The maximum atomic E-state index is 13.3. The zero-order chi connectivity index (χ0) is 33.9. The van der Waals surface area contributed by atoms with Gasteiger partial charge in [0.05, 0.1) is 11.4 Å². The number of guanidine groups is 1. The molecule has 2 amide bonds. The van der Waals surface area contributed by atoms with E-state index in [1.165, 1.54) is 0 Å². The topological polar surface area (TPSA) is 99.8 Å². The molecule has 0 aliphatic carbocycles. The number of amides is 2. The van der Waals surface area contributed by atoms with Crippen molar-refractivity contribution in [2.24, 2.45) is 4.99 Å². The van der Waals surface area contributed by atoms with Crippen molar-refractivity contribution in [3.8, 4) is 45.3 Å². The standard InChI is InChI=1S/C42H27N7O2/c50-42-47-41-43-33-18-7-8-19-34(33)49(41)25-48(42)30-16-9-15-28(23-30)29-21-22-35-32(24-29)37-31(17-10-20-36(37)51-35)40-45-38(26-11-3-1-4-12-26)44-39(46-40)27-13-5-2-6-14-27/h1-24H,25H2,(H,43,47,50). The number of carbonyl (C=O) groups is 1. The SMILES string of the molecule is O=C1N=C2Nc3ccccc3N2CN1c1cccc(-c2ccc3oc4cccc(-c5nc(-c6ccccc6)nc(-c6ccccc6)n5)c4c3c2)c1. The summed E-state index contributed by atoms with van der Waals surface area (Å²) in [6.45, 7) is 0.349. The van der Waals surface area contributed by atoms with E-state index < -0.39 is 0 Å². The van der Waals surface area contributed by atoms with E-state index in [1.54, 1.807) is 4.90 Å². The molecule has 0 fully saturated rings. The van der Waals surface area contributed by atoms with Gasteiger partial charge in [0.15, 0.2) is 17.5 Å². The number of hydrogen-bond acceptors (Lipinski definition) is 7. The lowest BCUT2D eigenvalue weighted by atomic mass is 10.00. The van der Waals surface area contributed by atoms with Gasteiger partial charge < -0.3 is 9.73 Å². The van der Waals surface area contributed by atoms with Gasteiger partial charge in [-0.05, 0) is 53.6 Å². The van der Waals surface area contributed by atoms with Crippen molar-refractivity contribution in [2.45, 2.75) is 0 Å². The molecule has 6 aromatic carbocycles. The molecule has 51 heavy (non-hydrogen) atoms. The molecule has 0 bridgehead atoms. The molecule has 8 aromatic rings. The molecule has 10 rings (SSSR count). The highest BCUT2D eigenvalue weighted by atomic mass is 16.3. The van der Waals surface area contributed by atoms with E-state index in [0.29, 0.717) is 30.1 Å². The third-order valence-electron chi connectivity index (χ3n) is 9.34. The molecule has 2 aliphatic heterocycles. The first-order valence-corrected chi connectivity index (χ1v) is 16.6. The zero-order valence-corrected chi connectivity index (χ0v) is 27.1. The van der Waals surface area contributed by atoms with E-state index >= 15 is 0 Å². The Balaban J connectivity index is 1.07. The summed E-state index contributed by atoms with van der Waals surface area (Å²) in [5, 5.41) is 5.11. The van der Waals surface area contributed by atoms with Crippen molar-refractivity contribution in [3.05, 3.63) is 146 Å². The van der Waals surface area contributed by atoms with E-state index in [-0.39, 0.29) is 6.03 Å². The zero-order valence-electron chi connectivity index (χ0n) is 27.1. The average Bonchev–Trinajstić information content (AvgIpc) is 3.75. The fourth-order valence-electron chi connectivity index (χ4n) is 6.87. The van der Waals surface area contributed by atoms with Crippen molar-refractivity contribution in [1.29, 1.82) is 0 Å². The number of rotatable bonds is 5. The minimum absolute atomic E-state index is 0.318. The van der Waals surface area contributed by atoms with Crippen molar-refractivity contribution in [2.75, 3.05) is 21.8 Å². The van der Waals surface area contributed by atoms with Gasteiger partial charge in [0, 0.05) is 33.2 Å². The second-order valence-electron chi connectivity index (χ2n) is 12.4. The molecule has 2 aliphatic rings. The number of urea groups is 1. The number of nitrogens with zero attached hydrogens (tertiary/aromatic N) is 6. The number of nitrogens with one attached hydrogen (secondary N) is 1. The number of benzene rings is 6. The van der Waals surface area contributed by atoms with Crippen LogP contribution in [0.5, 0.6) is 0 Å². The molecule has 2 aromatic heterocycles. The van der Waals surface area contributed by atoms with Gasteiger partial charge in [-0.1, -0.05) is 103 Å². The van der Waals surface area contributed by atoms with E-state index in [2.05, 4.69) is 16.4 Å². The highest BCUT2D eigenvalue weighted by molar-refractivity contribution is 6.21. The lowest BCUT2D eigenvalue weighted by Crippen LogP contribution is -2.48. The van der Waals surface area contributed by atoms with E-state index in [0.717, 1.165) is 66.8 Å². The molecule has 1 N–H and O–H groups in total. The van der Waals surface area contributed by atoms with Gasteiger partial charge >= 0.3 is 6.03 Å². The van der Waals surface area contributed by atoms with Crippen LogP contribution in [0.1, 0.15) is 0 Å². The summed E-state index contributed by atoms with van der Waals surface area (Å²) >= 11 is 0. The van der Waals surface area contributed by atoms with Crippen LogP contribution >= 0.6 is 0 Å². The molecular weight excluding hydrogens is 635 g/mol. The fourth-order valence-corrected chi connectivity index (χ4v) is 6.87. The van der Waals surface area contributed by atoms with Crippen LogP contribution in [0, 0.1) is 0 Å². The van der Waals surface area contributed by atoms with E-state index in [1.807, 2.05) is 144 Å². The molecule has 4 heterocycles. The van der Waals surface area contributed by atoms with Crippen LogP contribution in [-0.2, 0) is 0 Å². The van der Waals surface area contributed by atoms with Crippen LogP contribution in [0.15, 0.2) is 155 Å². The molecule has 9 heteroatoms. The van der Waals surface area contributed by atoms with Crippen molar-refractivity contribution < 1.29 is 9.21 Å². The van der Waals surface area contributed by atoms with Crippen LogP contribution in [0.4, 0.5) is 21.9 Å². The Kier molecular flexibility index (Phi) is 6.50. The Hall–Kier alpha value is -7.13. The maximum absolute atomic E-state index is 13.3. The van der Waals surface area contributed by atoms with Crippen LogP contribution in [0.25, 0.3) is 67.2 Å². The predicted octanol–water partition coefficient (Wildman–Crippen LogP) is 9.62. The first kappa shape index (κ1) is 28.8. The van der Waals surface area contributed by atoms with Gasteiger partial charge in [0.25, 0.3) is 0 Å². The Bertz CT molecular complexity index is 2630. The average molecular weight is 662 g/mol. The second kappa shape index (κ2) is 11.5. The second-order valence-corrected chi connectivity index (χ2v) is 12.4. The summed E-state index contributed by atoms with van der Waals surface area (Å²) in [6.07, 6.45) is 0. The third kappa shape index (κ3) is 4.90. The first-order valence-electron chi connectivity index (χ1n) is 16.6. The number of para-hydroxylation sites is 2. The Labute approximate surface area is 292 Å². The molecule has 0 atom stereocenters. The minimum Gasteiger partial charge on any atom is -0.456 e. The summed E-state index contributed by atoms with van der Waals surface area (Å²) < 4.78 is 6.39. The van der Waals surface area contributed by atoms with Crippen LogP contribution in [0.3, 0.4) is 0 Å². The molecule has 0 saturated heterocycles. The minimum atomic E-state index is -0.318. The Morgan fingerprint density at radius 3 is 2.02 bits per heavy atom. The van der Waals surface area contributed by atoms with Gasteiger partial charge in [-0.15, -0.1) is 0 Å². The number of anilines is 3. The lowest BCUT2D eigenvalue weighted by Gasteiger charge is -2.31. The van der Waals surface area contributed by atoms with Crippen LogP contribution < -0.4 is 15.1 Å². The quantitative estimate of drug-likeness (QED) is 0.196. The van der Waals surface area contributed by atoms with Gasteiger partial charge in [0.1, 0.15) is 17.8 Å². The van der Waals surface area contributed by atoms with E-state index in [4.69, 9.17) is 19.4 Å². The Morgan fingerprint density at radius 1 is 0.569 bits per heavy atom. The van der Waals surface area contributed by atoms with Gasteiger partial charge in [-0.2, -0.15) is 4.99 Å². The fraction of sp³-hybridized carbons (Fsp3) is 0.0238. The smallest absolute Gasteiger partial charge is 0.352 e. The van der Waals surface area contributed by atoms with Crippen molar-refractivity contribution in [3.63, 3.8) is 0 Å². The number of aromatic nitrogens is 3. The summed E-state index contributed by atoms with van der Waals surface area (Å²) in [5.74, 6) is 2.30. The molecular formula is C42H27N7O2. The normalized spacial score (nSPS) is 13.6.